The van der Waals surface area contributed by atoms with Crippen molar-refractivity contribution in [1.29, 1.82) is 0 Å². The molecule has 2 unspecified atom stereocenters. The highest BCUT2D eigenvalue weighted by atomic mass is 15.3. The van der Waals surface area contributed by atoms with Crippen molar-refractivity contribution < 1.29 is 0 Å². The summed E-state index contributed by atoms with van der Waals surface area (Å²) in [6.45, 7) is 7.99. The Morgan fingerprint density at radius 3 is 2.67 bits per heavy atom. The second kappa shape index (κ2) is 4.82. The van der Waals surface area contributed by atoms with E-state index >= 15 is 0 Å². The fraction of sp³-hybridized carbons (Fsp3) is 0.824. The fourth-order valence-corrected chi connectivity index (χ4v) is 4.14. The predicted octanol–water partition coefficient (Wildman–Crippen LogP) is 2.08. The summed E-state index contributed by atoms with van der Waals surface area (Å²) in [6, 6.07) is 2.97. The molecular weight excluding hydrogens is 260 g/mol. The van der Waals surface area contributed by atoms with E-state index in [4.69, 9.17) is 0 Å². The summed E-state index contributed by atoms with van der Waals surface area (Å²) >= 11 is 0. The Balaban J connectivity index is 1.56. The van der Waals surface area contributed by atoms with Gasteiger partial charge in [-0.2, -0.15) is 5.10 Å². The van der Waals surface area contributed by atoms with Crippen molar-refractivity contribution in [3.05, 3.63) is 17.5 Å². The Morgan fingerprint density at radius 1 is 1.33 bits per heavy atom. The van der Waals surface area contributed by atoms with Gasteiger partial charge in [-0.1, -0.05) is 0 Å². The number of nitrogens with one attached hydrogen (secondary N) is 1. The van der Waals surface area contributed by atoms with Crippen molar-refractivity contribution in [3.8, 4) is 0 Å². The minimum absolute atomic E-state index is 0.337. The van der Waals surface area contributed by atoms with E-state index in [1.54, 1.807) is 0 Å². The van der Waals surface area contributed by atoms with Gasteiger partial charge >= 0.3 is 0 Å². The molecule has 0 radical (unpaired) electrons. The van der Waals surface area contributed by atoms with Crippen LogP contribution in [0.4, 0.5) is 0 Å². The van der Waals surface area contributed by atoms with Crippen LogP contribution >= 0.6 is 0 Å². The topological polar surface area (TPSA) is 33.1 Å². The third-order valence-electron chi connectivity index (χ3n) is 5.96. The lowest BCUT2D eigenvalue weighted by molar-refractivity contribution is 0.0216. The summed E-state index contributed by atoms with van der Waals surface area (Å²) in [4.78, 5) is 2.76. The minimum Gasteiger partial charge on any atom is -0.311 e. The van der Waals surface area contributed by atoms with Gasteiger partial charge in [0.15, 0.2) is 0 Å². The fourth-order valence-electron chi connectivity index (χ4n) is 4.14. The number of nitrogens with zero attached hydrogens (tertiary/aromatic N) is 3. The van der Waals surface area contributed by atoms with Crippen LogP contribution in [0.1, 0.15) is 44.0 Å². The van der Waals surface area contributed by atoms with Crippen LogP contribution in [0.5, 0.6) is 0 Å². The van der Waals surface area contributed by atoms with E-state index in [-0.39, 0.29) is 0 Å². The first kappa shape index (κ1) is 13.8. The van der Waals surface area contributed by atoms with Gasteiger partial charge in [0.05, 0.1) is 11.4 Å². The molecule has 21 heavy (non-hydrogen) atoms. The van der Waals surface area contributed by atoms with Crippen molar-refractivity contribution >= 4 is 0 Å². The lowest BCUT2D eigenvalue weighted by atomic mass is 9.88. The lowest BCUT2D eigenvalue weighted by Gasteiger charge is -2.49. The van der Waals surface area contributed by atoms with Crippen LogP contribution in [-0.4, -0.2) is 39.4 Å². The molecule has 1 aromatic rings. The molecule has 0 spiro atoms. The molecule has 3 fully saturated rings. The third kappa shape index (κ3) is 2.53. The van der Waals surface area contributed by atoms with E-state index in [1.165, 1.54) is 37.9 Å². The maximum absolute atomic E-state index is 4.53. The van der Waals surface area contributed by atoms with E-state index in [9.17, 15) is 0 Å². The van der Waals surface area contributed by atoms with Crippen molar-refractivity contribution in [2.24, 2.45) is 18.9 Å². The lowest BCUT2D eigenvalue weighted by Crippen LogP contribution is -2.64. The van der Waals surface area contributed by atoms with E-state index in [0.717, 1.165) is 30.6 Å². The first-order chi connectivity index (χ1) is 10.1. The molecule has 2 atom stereocenters. The number of rotatable bonds is 4. The molecule has 1 saturated heterocycles. The Hall–Kier alpha value is -0.870. The highest BCUT2D eigenvalue weighted by molar-refractivity contribution is 5.12. The van der Waals surface area contributed by atoms with E-state index < -0.39 is 0 Å². The summed E-state index contributed by atoms with van der Waals surface area (Å²) in [5.74, 6) is 1.82. The Bertz CT molecular complexity index is 529. The molecule has 2 heterocycles. The van der Waals surface area contributed by atoms with Crippen molar-refractivity contribution in [2.75, 3.05) is 13.1 Å². The first-order valence-corrected chi connectivity index (χ1v) is 8.54. The van der Waals surface area contributed by atoms with Gasteiger partial charge in [-0.3, -0.25) is 9.58 Å². The molecule has 1 N–H and O–H groups in total. The van der Waals surface area contributed by atoms with Gasteiger partial charge in [-0.25, -0.2) is 0 Å². The van der Waals surface area contributed by atoms with E-state index in [0.29, 0.717) is 11.6 Å². The number of aromatic nitrogens is 2. The zero-order valence-corrected chi connectivity index (χ0v) is 13.6. The molecule has 0 aromatic carbocycles. The Kier molecular flexibility index (Phi) is 3.16. The van der Waals surface area contributed by atoms with Gasteiger partial charge in [-0.15, -0.1) is 0 Å². The van der Waals surface area contributed by atoms with Gasteiger partial charge < -0.3 is 5.32 Å². The second-order valence-corrected chi connectivity index (χ2v) is 7.74. The molecule has 2 saturated carbocycles. The second-order valence-electron chi connectivity index (χ2n) is 7.74. The van der Waals surface area contributed by atoms with Crippen molar-refractivity contribution in [1.82, 2.24) is 20.0 Å². The third-order valence-corrected chi connectivity index (χ3v) is 5.96. The van der Waals surface area contributed by atoms with Crippen LogP contribution in [0.2, 0.25) is 0 Å². The summed E-state index contributed by atoms with van der Waals surface area (Å²) in [5.41, 5.74) is 2.83. The SMILES string of the molecule is Cc1cc(CN2CC(C3CC3)NCC2(C)C2CC2)n(C)n1. The quantitative estimate of drug-likeness (QED) is 0.921. The zero-order valence-electron chi connectivity index (χ0n) is 13.6. The average molecular weight is 288 g/mol. The monoisotopic (exact) mass is 288 g/mol. The van der Waals surface area contributed by atoms with Crippen LogP contribution in [0.25, 0.3) is 0 Å². The Labute approximate surface area is 127 Å². The van der Waals surface area contributed by atoms with Crippen LogP contribution in [0.3, 0.4) is 0 Å². The molecule has 116 valence electrons. The molecule has 0 bridgehead atoms. The number of hydrogen-bond acceptors (Lipinski definition) is 3. The highest BCUT2D eigenvalue weighted by Crippen LogP contribution is 2.46. The zero-order chi connectivity index (χ0) is 14.6. The molecular formula is C17H28N4. The van der Waals surface area contributed by atoms with Crippen LogP contribution < -0.4 is 5.32 Å². The largest absolute Gasteiger partial charge is 0.311 e. The van der Waals surface area contributed by atoms with Crippen LogP contribution in [-0.2, 0) is 13.6 Å². The molecule has 4 rings (SSSR count). The molecule has 1 aliphatic heterocycles. The summed E-state index contributed by atoms with van der Waals surface area (Å²) in [6.07, 6.45) is 5.67. The predicted molar refractivity (Wildman–Crippen MR) is 84.0 cm³/mol. The standard InChI is InChI=1S/C17H28N4/c1-12-8-15(20(3)19-12)9-21-10-16(13-4-5-13)18-11-17(21,2)14-6-7-14/h8,13-14,16,18H,4-7,9-11H2,1-3H3. The highest BCUT2D eigenvalue weighted by Gasteiger charge is 2.50. The molecule has 2 aliphatic carbocycles. The van der Waals surface area contributed by atoms with Gasteiger partial charge in [0.1, 0.15) is 0 Å². The van der Waals surface area contributed by atoms with Gasteiger partial charge in [0.2, 0.25) is 0 Å². The number of hydrogen-bond donors (Lipinski definition) is 1. The van der Waals surface area contributed by atoms with Gasteiger partial charge in [0.25, 0.3) is 0 Å². The van der Waals surface area contributed by atoms with Gasteiger partial charge in [-0.05, 0) is 57.4 Å². The molecule has 0 amide bonds. The maximum Gasteiger partial charge on any atom is 0.0597 e. The molecule has 4 heteroatoms. The normalized spacial score (nSPS) is 34.3. The maximum atomic E-state index is 4.53. The number of aryl methyl sites for hydroxylation is 2. The Morgan fingerprint density at radius 2 is 2.10 bits per heavy atom. The van der Waals surface area contributed by atoms with E-state index in [2.05, 4.69) is 47.0 Å². The van der Waals surface area contributed by atoms with Crippen molar-refractivity contribution in [3.63, 3.8) is 0 Å². The molecule has 3 aliphatic rings. The van der Waals surface area contributed by atoms with E-state index in [1.807, 2.05) is 0 Å². The van der Waals surface area contributed by atoms with Crippen LogP contribution in [0, 0.1) is 18.8 Å². The molecule has 4 nitrogen and oxygen atoms in total. The van der Waals surface area contributed by atoms with Crippen LogP contribution in [0.15, 0.2) is 6.07 Å². The summed E-state index contributed by atoms with van der Waals surface area (Å²) < 4.78 is 2.07. The summed E-state index contributed by atoms with van der Waals surface area (Å²) in [7, 11) is 2.08. The van der Waals surface area contributed by atoms with Gasteiger partial charge in [0, 0.05) is 38.3 Å². The van der Waals surface area contributed by atoms with Crippen molar-refractivity contribution in [2.45, 2.75) is 57.7 Å². The average Bonchev–Trinajstić information content (AvgIpc) is 3.32. The minimum atomic E-state index is 0.337. The smallest absolute Gasteiger partial charge is 0.0597 e. The first-order valence-electron chi connectivity index (χ1n) is 8.54. The molecule has 1 aromatic heterocycles. The summed E-state index contributed by atoms with van der Waals surface area (Å²) in [5, 5.41) is 8.39. The number of piperazine rings is 1.